The van der Waals surface area contributed by atoms with Gasteiger partial charge in [-0.05, 0) is 25.1 Å². The summed E-state index contributed by atoms with van der Waals surface area (Å²) in [7, 11) is 0. The van der Waals surface area contributed by atoms with Gasteiger partial charge >= 0.3 is 12.4 Å². The number of benzene rings is 1. The molecule has 124 valence electrons. The molecule has 0 fully saturated rings. The van der Waals surface area contributed by atoms with Crippen molar-refractivity contribution in [1.29, 1.82) is 0 Å². The molecule has 0 aliphatic rings. The second-order valence-corrected chi connectivity index (χ2v) is 4.88. The first kappa shape index (κ1) is 17.3. The van der Waals surface area contributed by atoms with E-state index in [1.807, 2.05) is 0 Å². The summed E-state index contributed by atoms with van der Waals surface area (Å²) in [6, 6.07) is 5.92. The Balaban J connectivity index is 2.49. The van der Waals surface area contributed by atoms with E-state index < -0.39 is 35.3 Å². The van der Waals surface area contributed by atoms with E-state index in [0.717, 1.165) is 30.3 Å². The Morgan fingerprint density at radius 2 is 1.43 bits per heavy atom. The average molecular weight is 335 g/mol. The number of aromatic nitrogens is 1. The van der Waals surface area contributed by atoms with Crippen LogP contribution in [0.15, 0.2) is 36.4 Å². The third-order valence-electron chi connectivity index (χ3n) is 3.15. The zero-order valence-electron chi connectivity index (χ0n) is 11.7. The van der Waals surface area contributed by atoms with Crippen LogP contribution in [0.5, 0.6) is 0 Å². The van der Waals surface area contributed by atoms with E-state index in [2.05, 4.69) is 4.98 Å². The summed E-state index contributed by atoms with van der Waals surface area (Å²) in [5, 5.41) is 9.39. The van der Waals surface area contributed by atoms with E-state index in [9.17, 15) is 31.4 Å². The fourth-order valence-corrected chi connectivity index (χ4v) is 2.02. The number of aliphatic hydroxyl groups is 1. The minimum absolute atomic E-state index is 0.112. The first-order valence-electron chi connectivity index (χ1n) is 6.44. The standard InChI is InChI=1S/C15H11F6NO/c1-8(23)11-6-7-12(22-13(11)15(19,20)21)9-2-4-10(5-3-9)14(16,17)18/h2-8,23H,1H3. The molecule has 0 aliphatic heterocycles. The van der Waals surface area contributed by atoms with Crippen LogP contribution in [-0.2, 0) is 12.4 Å². The number of pyridine rings is 1. The molecular weight excluding hydrogens is 324 g/mol. The summed E-state index contributed by atoms with van der Waals surface area (Å²) in [5.41, 5.74) is -2.58. The van der Waals surface area contributed by atoms with Gasteiger partial charge in [0.15, 0.2) is 5.69 Å². The second kappa shape index (κ2) is 5.84. The molecule has 0 spiro atoms. The van der Waals surface area contributed by atoms with Gasteiger partial charge in [-0.25, -0.2) is 4.98 Å². The summed E-state index contributed by atoms with van der Waals surface area (Å²) in [6.45, 7) is 1.17. The fourth-order valence-electron chi connectivity index (χ4n) is 2.02. The van der Waals surface area contributed by atoms with Gasteiger partial charge in [0.1, 0.15) is 0 Å². The maximum absolute atomic E-state index is 13.0. The highest BCUT2D eigenvalue weighted by Gasteiger charge is 2.37. The van der Waals surface area contributed by atoms with Crippen LogP contribution in [0.3, 0.4) is 0 Å². The summed E-state index contributed by atoms with van der Waals surface area (Å²) < 4.78 is 76.5. The van der Waals surface area contributed by atoms with Gasteiger partial charge in [0, 0.05) is 11.1 Å². The van der Waals surface area contributed by atoms with Crippen LogP contribution in [0.1, 0.15) is 29.8 Å². The van der Waals surface area contributed by atoms with Crippen LogP contribution in [-0.4, -0.2) is 10.1 Å². The highest BCUT2D eigenvalue weighted by atomic mass is 19.4. The van der Waals surface area contributed by atoms with Crippen molar-refractivity contribution in [1.82, 2.24) is 4.98 Å². The smallest absolute Gasteiger partial charge is 0.389 e. The normalized spacial score (nSPS) is 13.9. The lowest BCUT2D eigenvalue weighted by atomic mass is 10.0. The predicted octanol–water partition coefficient (Wildman–Crippen LogP) is 4.84. The van der Waals surface area contributed by atoms with Crippen LogP contribution in [0.2, 0.25) is 0 Å². The molecule has 0 saturated heterocycles. The molecule has 0 aliphatic carbocycles. The van der Waals surface area contributed by atoms with Crippen LogP contribution < -0.4 is 0 Å². The molecule has 2 rings (SSSR count). The highest BCUT2D eigenvalue weighted by molar-refractivity contribution is 5.60. The van der Waals surface area contributed by atoms with Gasteiger partial charge in [-0.2, -0.15) is 26.3 Å². The van der Waals surface area contributed by atoms with Gasteiger partial charge in [-0.1, -0.05) is 18.2 Å². The topological polar surface area (TPSA) is 33.1 Å². The SMILES string of the molecule is CC(O)c1ccc(-c2ccc(C(F)(F)F)cc2)nc1C(F)(F)F. The Kier molecular flexibility index (Phi) is 4.39. The zero-order chi connectivity index (χ0) is 17.4. The number of rotatable bonds is 2. The Bertz CT molecular complexity index is 689. The van der Waals surface area contributed by atoms with Crippen LogP contribution >= 0.6 is 0 Å². The molecule has 1 unspecified atom stereocenters. The molecule has 0 saturated carbocycles. The summed E-state index contributed by atoms with van der Waals surface area (Å²) in [5.74, 6) is 0. The monoisotopic (exact) mass is 335 g/mol. The molecule has 0 amide bonds. The molecule has 0 radical (unpaired) electrons. The number of hydrogen-bond acceptors (Lipinski definition) is 2. The van der Waals surface area contributed by atoms with Crippen molar-refractivity contribution >= 4 is 0 Å². The molecular formula is C15H11F6NO. The molecule has 0 bridgehead atoms. The van der Waals surface area contributed by atoms with E-state index in [1.54, 1.807) is 0 Å². The van der Waals surface area contributed by atoms with Crippen molar-refractivity contribution in [2.75, 3.05) is 0 Å². The van der Waals surface area contributed by atoms with Crippen LogP contribution in [0, 0.1) is 0 Å². The maximum Gasteiger partial charge on any atom is 0.433 e. The van der Waals surface area contributed by atoms with Gasteiger partial charge in [0.25, 0.3) is 0 Å². The van der Waals surface area contributed by atoms with Crippen molar-refractivity contribution < 1.29 is 31.4 Å². The number of nitrogens with zero attached hydrogens (tertiary/aromatic N) is 1. The molecule has 1 atom stereocenters. The van der Waals surface area contributed by atoms with Gasteiger partial charge in [0.05, 0.1) is 17.4 Å². The maximum atomic E-state index is 13.0. The first-order valence-corrected chi connectivity index (χ1v) is 6.44. The lowest BCUT2D eigenvalue weighted by Crippen LogP contribution is -2.14. The lowest BCUT2D eigenvalue weighted by molar-refractivity contribution is -0.142. The molecule has 1 N–H and O–H groups in total. The van der Waals surface area contributed by atoms with Gasteiger partial charge in [0.2, 0.25) is 0 Å². The van der Waals surface area contributed by atoms with E-state index in [0.29, 0.717) is 0 Å². The van der Waals surface area contributed by atoms with E-state index in [-0.39, 0.29) is 11.3 Å². The van der Waals surface area contributed by atoms with Gasteiger partial charge in [-0.15, -0.1) is 0 Å². The predicted molar refractivity (Wildman–Crippen MR) is 70.3 cm³/mol. The molecule has 1 heterocycles. The molecule has 1 aromatic carbocycles. The largest absolute Gasteiger partial charge is 0.433 e. The van der Waals surface area contributed by atoms with Crippen molar-refractivity contribution in [2.45, 2.75) is 25.4 Å². The summed E-state index contributed by atoms with van der Waals surface area (Å²) in [6.07, 6.45) is -10.7. The Hall–Kier alpha value is -2.09. The Morgan fingerprint density at radius 1 is 0.870 bits per heavy atom. The third-order valence-corrected chi connectivity index (χ3v) is 3.15. The van der Waals surface area contributed by atoms with Crippen LogP contribution in [0.25, 0.3) is 11.3 Å². The third kappa shape index (κ3) is 3.82. The van der Waals surface area contributed by atoms with E-state index >= 15 is 0 Å². The minimum atomic E-state index is -4.78. The van der Waals surface area contributed by atoms with Crippen molar-refractivity contribution in [3.8, 4) is 11.3 Å². The minimum Gasteiger partial charge on any atom is -0.389 e. The number of alkyl halides is 6. The quantitative estimate of drug-likeness (QED) is 0.797. The van der Waals surface area contributed by atoms with Gasteiger partial charge in [-0.3, -0.25) is 0 Å². The molecule has 23 heavy (non-hydrogen) atoms. The Morgan fingerprint density at radius 3 is 1.87 bits per heavy atom. The molecule has 2 aromatic rings. The fraction of sp³-hybridized carbons (Fsp3) is 0.267. The van der Waals surface area contributed by atoms with E-state index in [1.165, 1.54) is 13.0 Å². The van der Waals surface area contributed by atoms with E-state index in [4.69, 9.17) is 0 Å². The lowest BCUT2D eigenvalue weighted by Gasteiger charge is -2.15. The molecule has 1 aromatic heterocycles. The van der Waals surface area contributed by atoms with Gasteiger partial charge < -0.3 is 5.11 Å². The average Bonchev–Trinajstić information content (AvgIpc) is 2.45. The van der Waals surface area contributed by atoms with Crippen LogP contribution in [0.4, 0.5) is 26.3 Å². The number of hydrogen-bond donors (Lipinski definition) is 1. The number of aliphatic hydroxyl groups excluding tert-OH is 1. The first-order chi connectivity index (χ1) is 10.5. The number of halogens is 6. The summed E-state index contributed by atoms with van der Waals surface area (Å²) in [4.78, 5) is 3.46. The molecule has 8 heteroatoms. The second-order valence-electron chi connectivity index (χ2n) is 4.88. The molecule has 2 nitrogen and oxygen atoms in total. The Labute approximate surface area is 127 Å². The highest BCUT2D eigenvalue weighted by Crippen LogP contribution is 2.35. The van der Waals surface area contributed by atoms with Crippen molar-refractivity contribution in [2.24, 2.45) is 0 Å². The van der Waals surface area contributed by atoms with Crippen molar-refractivity contribution in [3.05, 3.63) is 53.2 Å². The van der Waals surface area contributed by atoms with Crippen molar-refractivity contribution in [3.63, 3.8) is 0 Å². The zero-order valence-corrected chi connectivity index (χ0v) is 11.7. The summed E-state index contributed by atoms with van der Waals surface area (Å²) >= 11 is 0.